The van der Waals surface area contributed by atoms with Crippen LogP contribution in [0.3, 0.4) is 0 Å². The van der Waals surface area contributed by atoms with Crippen molar-refractivity contribution in [1.82, 2.24) is 10.2 Å². The summed E-state index contributed by atoms with van der Waals surface area (Å²) in [6.45, 7) is 15.2. The molecule has 4 unspecified atom stereocenters. The Bertz CT molecular complexity index is 374. The molecular weight excluding hydrogens is 260 g/mol. The Kier molecular flexibility index (Phi) is 4.13. The van der Waals surface area contributed by atoms with Crippen LogP contribution in [0.25, 0.3) is 0 Å². The summed E-state index contributed by atoms with van der Waals surface area (Å²) >= 11 is 0. The fourth-order valence-corrected chi connectivity index (χ4v) is 4.37. The maximum Gasteiger partial charge on any atom is 0.0706 e. The maximum absolute atomic E-state index is 6.11. The van der Waals surface area contributed by atoms with Crippen molar-refractivity contribution >= 4 is 0 Å². The predicted octanol–water partition coefficient (Wildman–Crippen LogP) is 3.04. The number of nitrogens with one attached hydrogen (secondary N) is 1. The average Bonchev–Trinajstić information content (AvgIpc) is 3.14. The van der Waals surface area contributed by atoms with Crippen LogP contribution in [0.1, 0.15) is 60.3 Å². The van der Waals surface area contributed by atoms with E-state index in [0.29, 0.717) is 29.2 Å². The van der Waals surface area contributed by atoms with Gasteiger partial charge in [0.05, 0.1) is 12.2 Å². The minimum atomic E-state index is 0.322. The molecule has 2 aliphatic heterocycles. The van der Waals surface area contributed by atoms with E-state index >= 15 is 0 Å². The Morgan fingerprint density at radius 1 is 1.19 bits per heavy atom. The van der Waals surface area contributed by atoms with Gasteiger partial charge in [-0.15, -0.1) is 0 Å². The second-order valence-corrected chi connectivity index (χ2v) is 9.03. The number of nitrogens with zero attached hydrogens (tertiary/aromatic N) is 1. The molecule has 0 aromatic heterocycles. The smallest absolute Gasteiger partial charge is 0.0706 e. The van der Waals surface area contributed by atoms with E-state index in [2.05, 4.69) is 44.8 Å². The van der Waals surface area contributed by atoms with E-state index < -0.39 is 0 Å². The van der Waals surface area contributed by atoms with Crippen LogP contribution in [-0.2, 0) is 4.74 Å². The second kappa shape index (κ2) is 5.50. The largest absolute Gasteiger partial charge is 0.374 e. The molecule has 3 rings (SSSR count). The lowest BCUT2D eigenvalue weighted by Crippen LogP contribution is -2.67. The molecule has 0 aromatic carbocycles. The van der Waals surface area contributed by atoms with E-state index in [4.69, 9.17) is 4.74 Å². The minimum Gasteiger partial charge on any atom is -0.374 e. The molecule has 2 heterocycles. The molecule has 0 spiro atoms. The molecule has 1 saturated carbocycles. The van der Waals surface area contributed by atoms with E-state index in [1.807, 2.05) is 0 Å². The highest BCUT2D eigenvalue weighted by molar-refractivity contribution is 5.06. The quantitative estimate of drug-likeness (QED) is 0.866. The van der Waals surface area contributed by atoms with Crippen LogP contribution in [0.15, 0.2) is 0 Å². The first-order valence-electron chi connectivity index (χ1n) is 8.92. The summed E-state index contributed by atoms with van der Waals surface area (Å²) in [6, 6.07) is 0.615. The van der Waals surface area contributed by atoms with Crippen molar-refractivity contribution < 1.29 is 4.74 Å². The summed E-state index contributed by atoms with van der Waals surface area (Å²) in [4.78, 5) is 2.75. The van der Waals surface area contributed by atoms with Crippen LogP contribution in [-0.4, -0.2) is 48.3 Å². The first-order valence-corrected chi connectivity index (χ1v) is 8.92. The lowest BCUT2D eigenvalue weighted by atomic mass is 9.80. The van der Waals surface area contributed by atoms with Crippen LogP contribution >= 0.6 is 0 Å². The Morgan fingerprint density at radius 3 is 2.43 bits per heavy atom. The first-order chi connectivity index (χ1) is 9.78. The summed E-state index contributed by atoms with van der Waals surface area (Å²) in [6.07, 6.45) is 6.20. The summed E-state index contributed by atoms with van der Waals surface area (Å²) in [5.74, 6) is 0.893. The predicted molar refractivity (Wildman–Crippen MR) is 87.5 cm³/mol. The average molecular weight is 294 g/mol. The number of ether oxygens (including phenoxy) is 1. The molecule has 3 fully saturated rings. The third kappa shape index (κ3) is 3.46. The molecule has 2 saturated heterocycles. The highest BCUT2D eigenvalue weighted by Gasteiger charge is 2.48. The summed E-state index contributed by atoms with van der Waals surface area (Å²) in [7, 11) is 0. The van der Waals surface area contributed by atoms with Gasteiger partial charge in [-0.05, 0) is 50.9 Å². The highest BCUT2D eigenvalue weighted by Crippen LogP contribution is 2.43. The van der Waals surface area contributed by atoms with Crippen molar-refractivity contribution in [3.63, 3.8) is 0 Å². The van der Waals surface area contributed by atoms with Gasteiger partial charge in [-0.25, -0.2) is 0 Å². The molecule has 3 heteroatoms. The molecule has 0 amide bonds. The van der Waals surface area contributed by atoms with Gasteiger partial charge in [0.2, 0.25) is 0 Å². The van der Waals surface area contributed by atoms with Crippen LogP contribution < -0.4 is 5.32 Å². The lowest BCUT2D eigenvalue weighted by Gasteiger charge is -2.51. The van der Waals surface area contributed by atoms with Gasteiger partial charge < -0.3 is 10.1 Å². The van der Waals surface area contributed by atoms with Gasteiger partial charge in [0.25, 0.3) is 0 Å². The zero-order chi connectivity index (χ0) is 15.3. The Hall–Kier alpha value is -0.120. The number of piperazine rings is 1. The molecule has 0 aromatic rings. The molecule has 4 atom stereocenters. The van der Waals surface area contributed by atoms with Gasteiger partial charge in [0, 0.05) is 31.2 Å². The normalized spacial score (nSPS) is 42.4. The summed E-state index contributed by atoms with van der Waals surface area (Å²) in [5, 5.41) is 3.90. The molecule has 1 aliphatic carbocycles. The van der Waals surface area contributed by atoms with Crippen LogP contribution in [0.5, 0.6) is 0 Å². The van der Waals surface area contributed by atoms with E-state index in [0.717, 1.165) is 19.0 Å². The molecule has 21 heavy (non-hydrogen) atoms. The zero-order valence-electron chi connectivity index (χ0n) is 14.6. The van der Waals surface area contributed by atoms with Crippen LogP contribution in [0.2, 0.25) is 0 Å². The van der Waals surface area contributed by atoms with Gasteiger partial charge in [0.15, 0.2) is 0 Å². The molecular formula is C18H34N2O. The fraction of sp³-hybridized carbons (Fsp3) is 1.00. The molecule has 0 radical (unpaired) electrons. The SMILES string of the molecule is CC1CCC(CN2CC(C)(C3CC3)NCC2C(C)(C)C)O1. The van der Waals surface area contributed by atoms with Crippen molar-refractivity contribution in [3.8, 4) is 0 Å². The van der Waals surface area contributed by atoms with Crippen molar-refractivity contribution in [2.75, 3.05) is 19.6 Å². The third-order valence-electron chi connectivity index (χ3n) is 5.91. The fourth-order valence-electron chi connectivity index (χ4n) is 4.37. The van der Waals surface area contributed by atoms with E-state index in [-0.39, 0.29) is 0 Å². The van der Waals surface area contributed by atoms with Gasteiger partial charge in [0.1, 0.15) is 0 Å². The third-order valence-corrected chi connectivity index (χ3v) is 5.91. The monoisotopic (exact) mass is 294 g/mol. The van der Waals surface area contributed by atoms with Gasteiger partial charge >= 0.3 is 0 Å². The Labute approximate surface area is 130 Å². The molecule has 3 aliphatic rings. The lowest BCUT2D eigenvalue weighted by molar-refractivity contribution is -0.0278. The van der Waals surface area contributed by atoms with Crippen LogP contribution in [0.4, 0.5) is 0 Å². The maximum atomic E-state index is 6.11. The zero-order valence-corrected chi connectivity index (χ0v) is 14.6. The first kappa shape index (κ1) is 15.8. The molecule has 1 N–H and O–H groups in total. The van der Waals surface area contributed by atoms with Crippen molar-refractivity contribution in [2.24, 2.45) is 11.3 Å². The standard InChI is InChI=1S/C18H34N2O/c1-13-6-9-15(21-13)11-20-12-18(5,14-7-8-14)19-10-16(20)17(2,3)4/h13-16,19H,6-12H2,1-5H3. The highest BCUT2D eigenvalue weighted by atomic mass is 16.5. The van der Waals surface area contributed by atoms with Crippen LogP contribution in [0, 0.1) is 11.3 Å². The number of hydrogen-bond donors (Lipinski definition) is 1. The van der Waals surface area contributed by atoms with Crippen molar-refractivity contribution in [2.45, 2.75) is 84.1 Å². The Balaban J connectivity index is 1.70. The van der Waals surface area contributed by atoms with Gasteiger partial charge in [-0.2, -0.15) is 0 Å². The molecule has 3 nitrogen and oxygen atoms in total. The van der Waals surface area contributed by atoms with E-state index in [1.165, 1.54) is 32.2 Å². The second-order valence-electron chi connectivity index (χ2n) is 9.03. The topological polar surface area (TPSA) is 24.5 Å². The van der Waals surface area contributed by atoms with E-state index in [1.54, 1.807) is 0 Å². The number of rotatable bonds is 3. The summed E-state index contributed by atoms with van der Waals surface area (Å²) < 4.78 is 6.11. The minimum absolute atomic E-state index is 0.322. The van der Waals surface area contributed by atoms with Crippen molar-refractivity contribution in [3.05, 3.63) is 0 Å². The number of hydrogen-bond acceptors (Lipinski definition) is 3. The van der Waals surface area contributed by atoms with E-state index in [9.17, 15) is 0 Å². The van der Waals surface area contributed by atoms with Gasteiger partial charge in [-0.1, -0.05) is 20.8 Å². The molecule has 122 valence electrons. The molecule has 0 bridgehead atoms. The Morgan fingerprint density at radius 2 is 1.90 bits per heavy atom. The van der Waals surface area contributed by atoms with Gasteiger partial charge in [-0.3, -0.25) is 4.90 Å². The summed E-state index contributed by atoms with van der Waals surface area (Å²) in [5.41, 5.74) is 0.647. The van der Waals surface area contributed by atoms with Crippen molar-refractivity contribution in [1.29, 1.82) is 0 Å².